The van der Waals surface area contributed by atoms with E-state index in [9.17, 15) is 9.18 Å². The second kappa shape index (κ2) is 6.34. The second-order valence-electron chi connectivity index (χ2n) is 4.03. The number of hydrogen-bond acceptors (Lipinski definition) is 3. The largest absolute Gasteiger partial charge is 0.351 e. The number of nitrogens with one attached hydrogen (secondary N) is 2. The van der Waals surface area contributed by atoms with E-state index < -0.39 is 5.91 Å². The molecule has 1 amide bonds. The Labute approximate surface area is 115 Å². The lowest BCUT2D eigenvalue weighted by molar-refractivity contribution is -0.115. The van der Waals surface area contributed by atoms with Crippen molar-refractivity contribution in [1.29, 1.82) is 5.26 Å². The van der Waals surface area contributed by atoms with Crippen molar-refractivity contribution in [1.82, 2.24) is 0 Å². The van der Waals surface area contributed by atoms with E-state index in [2.05, 4.69) is 10.6 Å². The summed E-state index contributed by atoms with van der Waals surface area (Å²) in [5.41, 5.74) is 1.37. The molecule has 0 saturated carbocycles. The summed E-state index contributed by atoms with van der Waals surface area (Å²) in [7, 11) is 0. The number of hydrogen-bond donors (Lipinski definition) is 2. The van der Waals surface area contributed by atoms with Gasteiger partial charge in [0.05, 0.1) is 23.1 Å². The summed E-state index contributed by atoms with van der Waals surface area (Å²) in [5.74, 6) is -0.791. The maximum atomic E-state index is 13.6. The van der Waals surface area contributed by atoms with E-state index in [1.807, 2.05) is 0 Å². The third-order valence-corrected chi connectivity index (χ3v) is 2.58. The summed E-state index contributed by atoms with van der Waals surface area (Å²) in [6.45, 7) is 0. The fourth-order valence-corrected chi connectivity index (χ4v) is 1.67. The molecule has 20 heavy (non-hydrogen) atoms. The van der Waals surface area contributed by atoms with Crippen molar-refractivity contribution in [3.8, 4) is 6.07 Å². The number of rotatable bonds is 4. The van der Waals surface area contributed by atoms with Gasteiger partial charge in [0.2, 0.25) is 5.91 Å². The monoisotopic (exact) mass is 269 g/mol. The molecule has 0 heterocycles. The summed E-state index contributed by atoms with van der Waals surface area (Å²) >= 11 is 0. The molecule has 0 saturated heterocycles. The molecule has 0 fully saturated rings. The fraction of sp³-hybridized carbons (Fsp3) is 0.0667. The van der Waals surface area contributed by atoms with Crippen molar-refractivity contribution in [3.05, 3.63) is 54.3 Å². The lowest BCUT2D eigenvalue weighted by Crippen LogP contribution is -2.11. The average molecular weight is 269 g/mol. The van der Waals surface area contributed by atoms with Crippen LogP contribution in [0.25, 0.3) is 0 Å². The molecular weight excluding hydrogens is 257 g/mol. The average Bonchev–Trinajstić information content (AvgIpc) is 2.44. The van der Waals surface area contributed by atoms with Crippen molar-refractivity contribution < 1.29 is 9.18 Å². The Hall–Kier alpha value is -2.87. The molecular formula is C15H12FN3O. The maximum absolute atomic E-state index is 13.6. The van der Waals surface area contributed by atoms with Gasteiger partial charge in [-0.05, 0) is 24.3 Å². The van der Waals surface area contributed by atoms with Gasteiger partial charge in [-0.2, -0.15) is 5.26 Å². The highest BCUT2D eigenvalue weighted by molar-refractivity contribution is 5.95. The molecule has 0 aromatic heterocycles. The summed E-state index contributed by atoms with van der Waals surface area (Å²) in [5, 5.41) is 14.0. The Morgan fingerprint density at radius 3 is 2.30 bits per heavy atom. The summed E-state index contributed by atoms with van der Waals surface area (Å²) in [4.78, 5) is 11.4. The van der Waals surface area contributed by atoms with Crippen LogP contribution in [0, 0.1) is 17.1 Å². The van der Waals surface area contributed by atoms with E-state index >= 15 is 0 Å². The van der Waals surface area contributed by atoms with Gasteiger partial charge in [-0.1, -0.05) is 24.3 Å². The summed E-state index contributed by atoms with van der Waals surface area (Å²) < 4.78 is 13.6. The summed E-state index contributed by atoms with van der Waals surface area (Å²) in [6, 6.07) is 14.9. The molecule has 4 nitrogen and oxygen atoms in total. The number of carbonyl (C=O) groups is 1. The molecule has 2 aromatic rings. The number of halogens is 1. The molecule has 0 bridgehead atoms. The van der Waals surface area contributed by atoms with Gasteiger partial charge in [0.15, 0.2) is 0 Å². The molecule has 5 heteroatoms. The van der Waals surface area contributed by atoms with E-state index in [0.717, 1.165) is 0 Å². The van der Waals surface area contributed by atoms with Crippen LogP contribution in [0.15, 0.2) is 48.5 Å². The van der Waals surface area contributed by atoms with Crippen LogP contribution < -0.4 is 10.6 Å². The molecule has 0 aliphatic heterocycles. The van der Waals surface area contributed by atoms with Gasteiger partial charge in [-0.3, -0.25) is 4.79 Å². The first-order valence-corrected chi connectivity index (χ1v) is 5.98. The van der Waals surface area contributed by atoms with Crippen LogP contribution in [-0.4, -0.2) is 5.91 Å². The molecule has 2 rings (SSSR count). The quantitative estimate of drug-likeness (QED) is 0.893. The number of anilines is 3. The fourth-order valence-electron chi connectivity index (χ4n) is 1.67. The zero-order chi connectivity index (χ0) is 14.4. The third-order valence-electron chi connectivity index (χ3n) is 2.58. The normalized spacial score (nSPS) is 9.60. The smallest absolute Gasteiger partial charge is 0.238 e. The highest BCUT2D eigenvalue weighted by atomic mass is 19.1. The summed E-state index contributed by atoms with van der Waals surface area (Å²) in [6.07, 6.45) is -0.228. The number of nitriles is 1. The van der Waals surface area contributed by atoms with Gasteiger partial charge in [-0.15, -0.1) is 0 Å². The van der Waals surface area contributed by atoms with E-state index in [0.29, 0.717) is 17.1 Å². The zero-order valence-electron chi connectivity index (χ0n) is 10.6. The molecule has 0 unspecified atom stereocenters. The first-order valence-electron chi connectivity index (χ1n) is 5.98. The number of nitrogens with zero attached hydrogens (tertiary/aromatic N) is 1. The van der Waals surface area contributed by atoms with Crippen LogP contribution in [-0.2, 0) is 4.79 Å². The minimum absolute atomic E-state index is 0.228. The standard InChI is InChI=1S/C15H12FN3O/c16-11-5-1-2-6-12(11)18-13-7-3-4-8-14(13)19-15(20)9-10-17/h1-8,18H,9H2,(H,19,20). The first-order chi connectivity index (χ1) is 9.70. The Morgan fingerprint density at radius 2 is 1.65 bits per heavy atom. The molecule has 0 aliphatic carbocycles. The highest BCUT2D eigenvalue weighted by Gasteiger charge is 2.08. The number of para-hydroxylation sites is 3. The van der Waals surface area contributed by atoms with Crippen LogP contribution in [0.3, 0.4) is 0 Å². The zero-order valence-corrected chi connectivity index (χ0v) is 10.6. The molecule has 100 valence electrons. The van der Waals surface area contributed by atoms with E-state index in [1.165, 1.54) is 6.07 Å². The third kappa shape index (κ3) is 3.33. The molecule has 0 radical (unpaired) electrons. The van der Waals surface area contributed by atoms with Gasteiger partial charge in [-0.25, -0.2) is 4.39 Å². The van der Waals surface area contributed by atoms with Crippen LogP contribution in [0.1, 0.15) is 6.42 Å². The lowest BCUT2D eigenvalue weighted by Gasteiger charge is -2.12. The maximum Gasteiger partial charge on any atom is 0.238 e. The SMILES string of the molecule is N#CCC(=O)Nc1ccccc1Nc1ccccc1F. The van der Waals surface area contributed by atoms with E-state index in [-0.39, 0.29) is 12.2 Å². The van der Waals surface area contributed by atoms with Gasteiger partial charge < -0.3 is 10.6 Å². The Balaban J connectivity index is 2.22. The minimum Gasteiger partial charge on any atom is -0.351 e. The predicted molar refractivity (Wildman–Crippen MR) is 75.0 cm³/mol. The van der Waals surface area contributed by atoms with Crippen LogP contribution in [0.5, 0.6) is 0 Å². The van der Waals surface area contributed by atoms with Crippen LogP contribution in [0.4, 0.5) is 21.5 Å². The van der Waals surface area contributed by atoms with Gasteiger partial charge in [0, 0.05) is 0 Å². The Morgan fingerprint density at radius 1 is 1.05 bits per heavy atom. The highest BCUT2D eigenvalue weighted by Crippen LogP contribution is 2.26. The second-order valence-corrected chi connectivity index (χ2v) is 4.03. The van der Waals surface area contributed by atoms with Gasteiger partial charge in [0.1, 0.15) is 12.2 Å². The predicted octanol–water partition coefficient (Wildman–Crippen LogP) is 3.42. The number of amides is 1. The van der Waals surface area contributed by atoms with Crippen LogP contribution >= 0.6 is 0 Å². The van der Waals surface area contributed by atoms with Gasteiger partial charge in [0.25, 0.3) is 0 Å². The molecule has 0 aliphatic rings. The molecule has 0 atom stereocenters. The van der Waals surface area contributed by atoms with Crippen molar-refractivity contribution in [2.75, 3.05) is 10.6 Å². The van der Waals surface area contributed by atoms with Crippen molar-refractivity contribution >= 4 is 23.0 Å². The van der Waals surface area contributed by atoms with Crippen LogP contribution in [0.2, 0.25) is 0 Å². The van der Waals surface area contributed by atoms with Crippen molar-refractivity contribution in [2.45, 2.75) is 6.42 Å². The van der Waals surface area contributed by atoms with E-state index in [1.54, 1.807) is 48.5 Å². The topological polar surface area (TPSA) is 64.9 Å². The Kier molecular flexibility index (Phi) is 4.30. The van der Waals surface area contributed by atoms with Crippen molar-refractivity contribution in [3.63, 3.8) is 0 Å². The lowest BCUT2D eigenvalue weighted by atomic mass is 10.2. The number of benzene rings is 2. The van der Waals surface area contributed by atoms with Crippen molar-refractivity contribution in [2.24, 2.45) is 0 Å². The molecule has 2 aromatic carbocycles. The minimum atomic E-state index is -0.407. The van der Waals surface area contributed by atoms with Gasteiger partial charge >= 0.3 is 0 Å². The first kappa shape index (κ1) is 13.6. The molecule has 0 spiro atoms. The number of carbonyl (C=O) groups excluding carboxylic acids is 1. The van der Waals surface area contributed by atoms with E-state index in [4.69, 9.17) is 5.26 Å². The Bertz CT molecular complexity index is 664. The molecule has 2 N–H and O–H groups in total.